The van der Waals surface area contributed by atoms with Gasteiger partial charge in [-0.2, -0.15) is 0 Å². The Hall–Kier alpha value is -3.71. The summed E-state index contributed by atoms with van der Waals surface area (Å²) in [6.07, 6.45) is 3.43. The monoisotopic (exact) mass is 615 g/mol. The molecular formula is C33H37N5O5S. The summed E-state index contributed by atoms with van der Waals surface area (Å²) in [7, 11) is -3.60. The molecule has 0 bridgehead atoms. The fourth-order valence-electron chi connectivity index (χ4n) is 5.56. The van der Waals surface area contributed by atoms with E-state index in [9.17, 15) is 13.5 Å². The quantitative estimate of drug-likeness (QED) is 0.275. The molecule has 3 heterocycles. The number of benzene rings is 3. The molecule has 6 rings (SSSR count). The SMILES string of the molecule is O=S(=O)(NCc1ccc([C@H]2O[C@@H](CN3CCN(c4ncccn4)CC3)C[C@@H](c3ccc(CO)cc3)O2)cc1)c1ccccc1. The topological polar surface area (TPSA) is 117 Å². The number of hydrogen-bond acceptors (Lipinski definition) is 9. The van der Waals surface area contributed by atoms with Gasteiger partial charge < -0.3 is 19.5 Å². The number of sulfonamides is 1. The van der Waals surface area contributed by atoms with Crippen molar-refractivity contribution >= 4 is 16.0 Å². The van der Waals surface area contributed by atoms with Gasteiger partial charge >= 0.3 is 0 Å². The summed E-state index contributed by atoms with van der Waals surface area (Å²) in [5, 5.41) is 9.50. The van der Waals surface area contributed by atoms with Crippen LogP contribution in [0.4, 0.5) is 5.95 Å². The number of aliphatic hydroxyl groups is 1. The lowest BCUT2D eigenvalue weighted by molar-refractivity contribution is -0.253. The highest BCUT2D eigenvalue weighted by molar-refractivity contribution is 7.89. The van der Waals surface area contributed by atoms with E-state index in [0.29, 0.717) is 6.42 Å². The van der Waals surface area contributed by atoms with Gasteiger partial charge in [0.25, 0.3) is 0 Å². The second-order valence-electron chi connectivity index (χ2n) is 11.1. The zero-order valence-corrected chi connectivity index (χ0v) is 25.2. The van der Waals surface area contributed by atoms with E-state index in [-0.39, 0.29) is 30.3 Å². The predicted octanol–water partition coefficient (Wildman–Crippen LogP) is 3.82. The zero-order chi connectivity index (χ0) is 30.4. The van der Waals surface area contributed by atoms with Crippen molar-refractivity contribution in [1.82, 2.24) is 19.6 Å². The number of anilines is 1. The van der Waals surface area contributed by atoms with Crippen molar-refractivity contribution in [2.24, 2.45) is 0 Å². The van der Waals surface area contributed by atoms with Gasteiger partial charge in [-0.1, -0.05) is 66.7 Å². The van der Waals surface area contributed by atoms with Crippen LogP contribution in [0.1, 0.15) is 41.1 Å². The van der Waals surface area contributed by atoms with Crippen molar-refractivity contribution in [2.75, 3.05) is 37.6 Å². The summed E-state index contributed by atoms with van der Waals surface area (Å²) in [6.45, 7) is 4.39. The van der Waals surface area contributed by atoms with Crippen molar-refractivity contribution in [1.29, 1.82) is 0 Å². The molecule has 3 atom stereocenters. The van der Waals surface area contributed by atoms with Crippen LogP contribution in [-0.4, -0.2) is 67.2 Å². The number of ether oxygens (including phenoxy) is 2. The molecule has 10 nitrogen and oxygen atoms in total. The second-order valence-corrected chi connectivity index (χ2v) is 12.8. The number of nitrogens with one attached hydrogen (secondary N) is 1. The van der Waals surface area contributed by atoms with Gasteiger partial charge in [0.2, 0.25) is 16.0 Å². The first-order chi connectivity index (χ1) is 21.5. The summed E-state index contributed by atoms with van der Waals surface area (Å²) in [6, 6.07) is 25.7. The number of aliphatic hydroxyl groups excluding tert-OH is 1. The minimum atomic E-state index is -3.60. The lowest BCUT2D eigenvalue weighted by Crippen LogP contribution is -2.50. The van der Waals surface area contributed by atoms with Crippen LogP contribution in [0, 0.1) is 0 Å². The summed E-state index contributed by atoms with van der Waals surface area (Å²) in [5.41, 5.74) is 3.59. The molecule has 0 unspecified atom stereocenters. The van der Waals surface area contributed by atoms with E-state index in [4.69, 9.17) is 9.47 Å². The molecule has 1 aromatic heterocycles. The summed E-state index contributed by atoms with van der Waals surface area (Å²) < 4.78 is 41.0. The Labute approximate surface area is 258 Å². The minimum absolute atomic E-state index is 0.00593. The van der Waals surface area contributed by atoms with E-state index in [1.54, 1.807) is 42.7 Å². The molecule has 2 aliphatic heterocycles. The number of piperazine rings is 1. The van der Waals surface area contributed by atoms with Crippen LogP contribution in [0.25, 0.3) is 0 Å². The van der Waals surface area contributed by atoms with Crippen LogP contribution >= 0.6 is 0 Å². The number of aromatic nitrogens is 2. The normalized spacial score (nSPS) is 21.3. The fraction of sp³-hybridized carbons (Fsp3) is 0.333. The molecule has 0 spiro atoms. The molecule has 0 saturated carbocycles. The highest BCUT2D eigenvalue weighted by Crippen LogP contribution is 2.38. The lowest BCUT2D eigenvalue weighted by Gasteiger charge is -2.40. The van der Waals surface area contributed by atoms with Crippen LogP contribution < -0.4 is 9.62 Å². The van der Waals surface area contributed by atoms with Crippen LogP contribution in [0.5, 0.6) is 0 Å². The molecule has 11 heteroatoms. The van der Waals surface area contributed by atoms with Crippen molar-refractivity contribution < 1.29 is 23.0 Å². The number of hydrogen-bond donors (Lipinski definition) is 2. The zero-order valence-electron chi connectivity index (χ0n) is 24.4. The lowest BCUT2D eigenvalue weighted by atomic mass is 9.99. The van der Waals surface area contributed by atoms with Gasteiger partial charge in [-0.05, 0) is 34.9 Å². The summed E-state index contributed by atoms with van der Waals surface area (Å²) >= 11 is 0. The van der Waals surface area contributed by atoms with Gasteiger partial charge in [0, 0.05) is 63.6 Å². The Bertz CT molecular complexity index is 1580. The van der Waals surface area contributed by atoms with Crippen LogP contribution in [-0.2, 0) is 32.6 Å². The highest BCUT2D eigenvalue weighted by atomic mass is 32.2. The Morgan fingerprint density at radius 3 is 2.14 bits per heavy atom. The molecule has 230 valence electrons. The first-order valence-corrected chi connectivity index (χ1v) is 16.3. The molecule has 2 aliphatic rings. The van der Waals surface area contributed by atoms with Gasteiger partial charge in [-0.25, -0.2) is 23.1 Å². The first-order valence-electron chi connectivity index (χ1n) is 14.9. The second kappa shape index (κ2) is 13.9. The number of nitrogens with zero attached hydrogens (tertiary/aromatic N) is 4. The first kappa shape index (κ1) is 30.3. The summed E-state index contributed by atoms with van der Waals surface area (Å²) in [5.74, 6) is 0.761. The van der Waals surface area contributed by atoms with Gasteiger partial charge in [0.05, 0.1) is 23.7 Å². The molecule has 3 aromatic carbocycles. The average Bonchev–Trinajstić information content (AvgIpc) is 3.09. The molecule has 4 aromatic rings. The molecule has 0 aliphatic carbocycles. The smallest absolute Gasteiger partial charge is 0.240 e. The van der Waals surface area contributed by atoms with Crippen LogP contribution in [0.2, 0.25) is 0 Å². The highest BCUT2D eigenvalue weighted by Gasteiger charge is 2.34. The third-order valence-electron chi connectivity index (χ3n) is 8.06. The molecule has 2 fully saturated rings. The van der Waals surface area contributed by atoms with Gasteiger partial charge in [-0.15, -0.1) is 0 Å². The van der Waals surface area contributed by atoms with E-state index < -0.39 is 16.3 Å². The van der Waals surface area contributed by atoms with Crippen molar-refractivity contribution in [2.45, 2.75) is 43.0 Å². The van der Waals surface area contributed by atoms with E-state index in [0.717, 1.165) is 60.9 Å². The van der Waals surface area contributed by atoms with E-state index in [2.05, 4.69) is 24.5 Å². The summed E-state index contributed by atoms with van der Waals surface area (Å²) in [4.78, 5) is 13.6. The standard InChI is InChI=1S/C33H37N5O5S/c39-24-26-9-11-27(12-10-26)31-21-29(23-37-17-19-38(20-18-37)33-34-15-4-16-35-33)42-32(43-31)28-13-7-25(8-14-28)22-36-44(40,41)30-5-2-1-3-6-30/h1-16,29,31-32,36,39H,17-24H2/t29-,31+,32+/m1/s1. The molecule has 2 N–H and O–H groups in total. The van der Waals surface area contributed by atoms with Gasteiger partial charge in [0.15, 0.2) is 6.29 Å². The van der Waals surface area contributed by atoms with Gasteiger partial charge in [-0.3, -0.25) is 4.90 Å². The third-order valence-corrected chi connectivity index (χ3v) is 9.47. The maximum Gasteiger partial charge on any atom is 0.240 e. The maximum absolute atomic E-state index is 12.6. The Morgan fingerprint density at radius 1 is 0.795 bits per heavy atom. The molecule has 2 saturated heterocycles. The Kier molecular flexibility index (Phi) is 9.60. The van der Waals surface area contributed by atoms with Gasteiger partial charge in [0.1, 0.15) is 0 Å². The van der Waals surface area contributed by atoms with E-state index in [1.807, 2.05) is 54.6 Å². The Morgan fingerprint density at radius 2 is 1.45 bits per heavy atom. The third kappa shape index (κ3) is 7.49. The van der Waals surface area contributed by atoms with Crippen molar-refractivity contribution in [3.63, 3.8) is 0 Å². The van der Waals surface area contributed by atoms with Crippen molar-refractivity contribution in [3.05, 3.63) is 120 Å². The Balaban J connectivity index is 1.12. The van der Waals surface area contributed by atoms with Crippen LogP contribution in [0.15, 0.2) is 102 Å². The maximum atomic E-state index is 12.6. The predicted molar refractivity (Wildman–Crippen MR) is 166 cm³/mol. The fourth-order valence-corrected chi connectivity index (χ4v) is 6.60. The number of rotatable bonds is 10. The molecule has 0 radical (unpaired) electrons. The molecule has 44 heavy (non-hydrogen) atoms. The van der Waals surface area contributed by atoms with E-state index >= 15 is 0 Å². The van der Waals surface area contributed by atoms with Crippen LogP contribution in [0.3, 0.4) is 0 Å². The minimum Gasteiger partial charge on any atom is -0.392 e. The van der Waals surface area contributed by atoms with E-state index in [1.165, 1.54) is 0 Å². The van der Waals surface area contributed by atoms with Crippen molar-refractivity contribution in [3.8, 4) is 0 Å². The molecule has 0 amide bonds. The molecular weight excluding hydrogens is 578 g/mol. The largest absolute Gasteiger partial charge is 0.392 e. The average molecular weight is 616 g/mol.